The molecule has 0 aromatic rings. The lowest BCUT2D eigenvalue weighted by Crippen LogP contribution is -2.54. The van der Waals surface area contributed by atoms with Crippen molar-refractivity contribution in [2.75, 3.05) is 19.8 Å². The lowest BCUT2D eigenvalue weighted by Gasteiger charge is -2.39. The van der Waals surface area contributed by atoms with Gasteiger partial charge in [0.2, 0.25) is 5.91 Å². The molecule has 0 bridgehead atoms. The Labute approximate surface area is 121 Å². The van der Waals surface area contributed by atoms with E-state index < -0.39 is 0 Å². The maximum atomic E-state index is 12.6. The second-order valence-corrected chi connectivity index (χ2v) is 6.03. The lowest BCUT2D eigenvalue weighted by molar-refractivity contribution is -0.151. The summed E-state index contributed by atoms with van der Waals surface area (Å²) in [4.78, 5) is 14.6. The van der Waals surface area contributed by atoms with Crippen molar-refractivity contribution in [3.63, 3.8) is 0 Å². The summed E-state index contributed by atoms with van der Waals surface area (Å²) in [7, 11) is 0. The monoisotopic (exact) mass is 279 g/mol. The van der Waals surface area contributed by atoms with Gasteiger partial charge in [-0.25, -0.2) is 0 Å². The van der Waals surface area contributed by atoms with E-state index in [1.54, 1.807) is 0 Å². The van der Waals surface area contributed by atoms with Crippen molar-refractivity contribution in [1.29, 1.82) is 0 Å². The minimum atomic E-state index is 0.0896. The van der Waals surface area contributed by atoms with E-state index in [0.29, 0.717) is 24.9 Å². The first-order valence-electron chi connectivity index (χ1n) is 7.99. The van der Waals surface area contributed by atoms with Crippen molar-refractivity contribution < 1.29 is 14.3 Å². The normalized spacial score (nSPS) is 36.4. The second kappa shape index (κ2) is 6.27. The molecule has 112 valence electrons. The first-order valence-corrected chi connectivity index (χ1v) is 7.99. The van der Waals surface area contributed by atoms with E-state index in [0.717, 1.165) is 38.8 Å². The molecule has 4 atom stereocenters. The van der Waals surface area contributed by atoms with Gasteiger partial charge in [0.15, 0.2) is 0 Å². The van der Waals surface area contributed by atoms with Gasteiger partial charge in [-0.1, -0.05) is 12.2 Å². The summed E-state index contributed by atoms with van der Waals surface area (Å²) in [5, 5.41) is 0. The van der Waals surface area contributed by atoms with Gasteiger partial charge in [-0.15, -0.1) is 0 Å². The summed E-state index contributed by atoms with van der Waals surface area (Å²) in [5.74, 6) is 0.755. The first kappa shape index (κ1) is 14.1. The van der Waals surface area contributed by atoms with Gasteiger partial charge in [-0.2, -0.15) is 0 Å². The summed E-state index contributed by atoms with van der Waals surface area (Å²) < 4.78 is 11.6. The molecule has 1 amide bonds. The Morgan fingerprint density at radius 2 is 2.30 bits per heavy atom. The molecule has 0 aromatic heterocycles. The molecule has 4 nitrogen and oxygen atoms in total. The number of fused-ring (bicyclic) bond motifs is 1. The van der Waals surface area contributed by atoms with Gasteiger partial charge in [0.05, 0.1) is 18.8 Å². The number of ether oxygens (including phenoxy) is 2. The molecule has 3 aliphatic rings. The van der Waals surface area contributed by atoms with Crippen LogP contribution in [0.1, 0.15) is 39.0 Å². The Morgan fingerprint density at radius 3 is 3.05 bits per heavy atom. The summed E-state index contributed by atoms with van der Waals surface area (Å²) in [6, 6.07) is 0.234. The Hall–Kier alpha value is -0.870. The van der Waals surface area contributed by atoms with Gasteiger partial charge in [-0.05, 0) is 38.5 Å². The van der Waals surface area contributed by atoms with Crippen LogP contribution in [0.4, 0.5) is 0 Å². The van der Waals surface area contributed by atoms with Crippen LogP contribution in [0.2, 0.25) is 0 Å². The Bertz CT molecular complexity index is 382. The molecule has 0 N–H and O–H groups in total. The largest absolute Gasteiger partial charge is 0.376 e. The predicted octanol–water partition coefficient (Wildman–Crippen LogP) is 2.14. The van der Waals surface area contributed by atoms with Crippen LogP contribution in [0.25, 0.3) is 0 Å². The molecule has 0 radical (unpaired) electrons. The van der Waals surface area contributed by atoms with Crippen molar-refractivity contribution in [3.8, 4) is 0 Å². The van der Waals surface area contributed by atoms with Gasteiger partial charge >= 0.3 is 0 Å². The molecule has 1 saturated heterocycles. The molecule has 0 spiro atoms. The SMILES string of the molecule is CCO[C@@H]1CC[C@H]2[C@H]1OCCN2C(=O)CC1C=CCC1. The van der Waals surface area contributed by atoms with Crippen LogP contribution in [0, 0.1) is 5.92 Å². The highest BCUT2D eigenvalue weighted by molar-refractivity contribution is 5.77. The van der Waals surface area contributed by atoms with Gasteiger partial charge in [0, 0.05) is 19.6 Å². The Balaban J connectivity index is 1.61. The highest BCUT2D eigenvalue weighted by Crippen LogP contribution is 2.33. The zero-order valence-corrected chi connectivity index (χ0v) is 12.3. The number of morpholine rings is 1. The van der Waals surface area contributed by atoms with Gasteiger partial charge in [0.1, 0.15) is 6.10 Å². The zero-order chi connectivity index (χ0) is 13.9. The Kier molecular flexibility index (Phi) is 4.41. The topological polar surface area (TPSA) is 38.8 Å². The van der Waals surface area contributed by atoms with Crippen molar-refractivity contribution in [3.05, 3.63) is 12.2 Å². The van der Waals surface area contributed by atoms with E-state index in [-0.39, 0.29) is 18.2 Å². The van der Waals surface area contributed by atoms with E-state index in [2.05, 4.69) is 17.1 Å². The fourth-order valence-corrected chi connectivity index (χ4v) is 3.82. The molecule has 4 heteroatoms. The van der Waals surface area contributed by atoms with E-state index in [1.165, 1.54) is 0 Å². The molecule has 1 heterocycles. The number of carbonyl (C=O) groups is 1. The average molecular weight is 279 g/mol. The molecule has 1 saturated carbocycles. The van der Waals surface area contributed by atoms with Crippen LogP contribution in [0.5, 0.6) is 0 Å². The lowest BCUT2D eigenvalue weighted by atomic mass is 10.0. The van der Waals surface area contributed by atoms with E-state index in [4.69, 9.17) is 9.47 Å². The van der Waals surface area contributed by atoms with Crippen LogP contribution >= 0.6 is 0 Å². The van der Waals surface area contributed by atoms with Gasteiger partial charge in [-0.3, -0.25) is 4.79 Å². The second-order valence-electron chi connectivity index (χ2n) is 6.03. The fourth-order valence-electron chi connectivity index (χ4n) is 3.82. The molecular formula is C16H25NO3. The van der Waals surface area contributed by atoms with E-state index in [9.17, 15) is 4.79 Å². The number of carbonyl (C=O) groups excluding carboxylic acids is 1. The maximum absolute atomic E-state index is 12.6. The highest BCUT2D eigenvalue weighted by atomic mass is 16.5. The number of hydrogen-bond donors (Lipinski definition) is 0. The van der Waals surface area contributed by atoms with E-state index in [1.807, 2.05) is 6.92 Å². The highest BCUT2D eigenvalue weighted by Gasteiger charge is 2.44. The molecule has 2 aliphatic carbocycles. The van der Waals surface area contributed by atoms with Crippen LogP contribution < -0.4 is 0 Å². The molecule has 20 heavy (non-hydrogen) atoms. The summed E-state index contributed by atoms with van der Waals surface area (Å²) in [6.07, 6.45) is 9.61. The number of allylic oxidation sites excluding steroid dienone is 2. The van der Waals surface area contributed by atoms with Crippen LogP contribution in [-0.4, -0.2) is 48.8 Å². The van der Waals surface area contributed by atoms with Crippen molar-refractivity contribution in [2.24, 2.45) is 5.92 Å². The van der Waals surface area contributed by atoms with Gasteiger partial charge < -0.3 is 14.4 Å². The minimum absolute atomic E-state index is 0.0896. The number of nitrogens with zero attached hydrogens (tertiary/aromatic N) is 1. The molecule has 3 rings (SSSR count). The summed E-state index contributed by atoms with van der Waals surface area (Å²) in [6.45, 7) is 4.13. The molecule has 1 aliphatic heterocycles. The minimum Gasteiger partial charge on any atom is -0.376 e. The third kappa shape index (κ3) is 2.77. The predicted molar refractivity (Wildman–Crippen MR) is 76.4 cm³/mol. The first-order chi connectivity index (χ1) is 9.79. The molecule has 2 fully saturated rings. The molecule has 0 aromatic carbocycles. The number of hydrogen-bond acceptors (Lipinski definition) is 3. The molecular weight excluding hydrogens is 254 g/mol. The third-order valence-corrected chi connectivity index (χ3v) is 4.79. The smallest absolute Gasteiger partial charge is 0.223 e. The number of amides is 1. The van der Waals surface area contributed by atoms with Crippen molar-refractivity contribution >= 4 is 5.91 Å². The van der Waals surface area contributed by atoms with Crippen LogP contribution in [0.15, 0.2) is 12.2 Å². The van der Waals surface area contributed by atoms with Gasteiger partial charge in [0.25, 0.3) is 0 Å². The maximum Gasteiger partial charge on any atom is 0.223 e. The fraction of sp³-hybridized carbons (Fsp3) is 0.812. The van der Waals surface area contributed by atoms with Crippen molar-refractivity contribution in [2.45, 2.75) is 57.3 Å². The average Bonchev–Trinajstić information content (AvgIpc) is 3.09. The van der Waals surface area contributed by atoms with Crippen LogP contribution in [-0.2, 0) is 14.3 Å². The zero-order valence-electron chi connectivity index (χ0n) is 12.3. The standard InChI is InChI=1S/C16H25NO3/c1-2-19-14-8-7-13-16(14)20-10-9-17(13)15(18)11-12-5-3-4-6-12/h3,5,12-14,16H,2,4,6-11H2,1H3/t12?,13-,14+,16+/m0/s1. The Morgan fingerprint density at radius 1 is 1.40 bits per heavy atom. The quantitative estimate of drug-likeness (QED) is 0.740. The van der Waals surface area contributed by atoms with E-state index >= 15 is 0 Å². The summed E-state index contributed by atoms with van der Waals surface area (Å²) >= 11 is 0. The summed E-state index contributed by atoms with van der Waals surface area (Å²) in [5.41, 5.74) is 0. The molecule has 1 unspecified atom stereocenters. The van der Waals surface area contributed by atoms with Crippen LogP contribution in [0.3, 0.4) is 0 Å². The third-order valence-electron chi connectivity index (χ3n) is 4.79. The number of rotatable bonds is 4. The van der Waals surface area contributed by atoms with Crippen molar-refractivity contribution in [1.82, 2.24) is 4.90 Å².